The summed E-state index contributed by atoms with van der Waals surface area (Å²) in [5, 5.41) is 8.33. The van der Waals surface area contributed by atoms with Crippen molar-refractivity contribution in [1.82, 2.24) is 24.8 Å². The van der Waals surface area contributed by atoms with Crippen LogP contribution >= 0.6 is 15.9 Å². The Morgan fingerprint density at radius 3 is 2.20 bits per heavy atom. The molecule has 1 aromatic heterocycles. The Hall–Kier alpha value is -3.54. The molecule has 2 fully saturated rings. The van der Waals surface area contributed by atoms with E-state index in [2.05, 4.69) is 71.3 Å². The average Bonchev–Trinajstić information content (AvgIpc) is 3.42. The number of hydrogen-bond acceptors (Lipinski definition) is 6. The number of halogens is 3. The minimum atomic E-state index is -1.26. The summed E-state index contributed by atoms with van der Waals surface area (Å²) >= 11 is 2.86. The Morgan fingerprint density at radius 2 is 1.64 bits per heavy atom. The number of rotatable bonds is 4. The molecular formula is C32H39BrF2N6O3. The number of amides is 2. The highest BCUT2D eigenvalue weighted by Crippen LogP contribution is 2.38. The number of hydrogen-bond donors (Lipinski definition) is 1. The van der Waals surface area contributed by atoms with Crippen LogP contribution in [0, 0.1) is 11.6 Å². The zero-order valence-electron chi connectivity index (χ0n) is 26.0. The average molecular weight is 674 g/mol. The van der Waals surface area contributed by atoms with Crippen LogP contribution in [0.5, 0.6) is 0 Å². The van der Waals surface area contributed by atoms with Crippen molar-refractivity contribution in [2.24, 2.45) is 0 Å². The van der Waals surface area contributed by atoms with E-state index in [0.29, 0.717) is 19.0 Å². The lowest BCUT2D eigenvalue weighted by Gasteiger charge is -2.50. The number of carbonyl (C=O) groups is 2. The van der Waals surface area contributed by atoms with Crippen LogP contribution in [0.4, 0.5) is 19.3 Å². The Bertz CT molecular complexity index is 1560. The van der Waals surface area contributed by atoms with Gasteiger partial charge in [0.1, 0.15) is 17.1 Å². The second kappa shape index (κ2) is 11.4. The maximum absolute atomic E-state index is 14.5. The predicted molar refractivity (Wildman–Crippen MR) is 167 cm³/mol. The first kappa shape index (κ1) is 31.9. The number of ether oxygens (including phenoxy) is 1. The van der Waals surface area contributed by atoms with Crippen LogP contribution in [-0.4, -0.2) is 68.6 Å². The van der Waals surface area contributed by atoms with Crippen LogP contribution in [0.2, 0.25) is 0 Å². The molecule has 2 N–H and O–H groups in total. The number of likely N-dealkylation sites (tertiary alicyclic amines) is 2. The summed E-state index contributed by atoms with van der Waals surface area (Å²) in [7, 11) is 0. The molecular weight excluding hydrogens is 634 g/mol. The van der Waals surface area contributed by atoms with Gasteiger partial charge in [0.05, 0.1) is 29.4 Å². The van der Waals surface area contributed by atoms with Gasteiger partial charge in [-0.2, -0.15) is 0 Å². The van der Waals surface area contributed by atoms with E-state index < -0.39 is 28.9 Å². The van der Waals surface area contributed by atoms with E-state index in [9.17, 15) is 18.4 Å². The SMILES string of the molecule is CC(C)(C)OC(=O)N1CC(C(=O)N2CCC(c3ccc(C(C)(C)C)cc3)CC2)(n2cc(-c3cc(F)c(Br)c(F)c3N)nn2)C1. The lowest BCUT2D eigenvalue weighted by molar-refractivity contribution is -0.152. The summed E-state index contributed by atoms with van der Waals surface area (Å²) < 4.78 is 35.5. The van der Waals surface area contributed by atoms with Gasteiger partial charge in [-0.1, -0.05) is 50.3 Å². The first-order chi connectivity index (χ1) is 20.5. The standard InChI is InChI=1S/C32H39BrF2N6O3/c1-30(2,3)21-9-7-19(8-10-21)20-11-13-39(14-12-20)28(42)32(17-40(18-32)29(43)44-31(4,5)6)41-16-24(37-38-41)22-15-23(34)25(33)26(35)27(22)36/h7-10,15-16,20H,11-14,17-18,36H2,1-6H3. The fraction of sp³-hybridized carbons (Fsp3) is 0.500. The molecule has 3 aromatic rings. The molecule has 0 aliphatic carbocycles. The van der Waals surface area contributed by atoms with Gasteiger partial charge in [-0.3, -0.25) is 4.79 Å². The molecule has 2 aliphatic heterocycles. The van der Waals surface area contributed by atoms with Crippen molar-refractivity contribution in [3.05, 3.63) is 63.8 Å². The van der Waals surface area contributed by atoms with Gasteiger partial charge in [0, 0.05) is 18.7 Å². The number of nitrogen functional groups attached to an aromatic ring is 1. The monoisotopic (exact) mass is 672 g/mol. The van der Waals surface area contributed by atoms with Crippen LogP contribution in [0.15, 0.2) is 41.0 Å². The van der Waals surface area contributed by atoms with Crippen LogP contribution in [0.1, 0.15) is 71.4 Å². The molecule has 2 aliphatic rings. The highest BCUT2D eigenvalue weighted by atomic mass is 79.9. The largest absolute Gasteiger partial charge is 0.444 e. The van der Waals surface area contributed by atoms with Crippen molar-refractivity contribution in [3.8, 4) is 11.3 Å². The van der Waals surface area contributed by atoms with E-state index in [1.54, 1.807) is 25.7 Å². The minimum absolute atomic E-state index is 0.0102. The van der Waals surface area contributed by atoms with E-state index >= 15 is 0 Å². The molecule has 2 saturated heterocycles. The molecule has 9 nitrogen and oxygen atoms in total. The lowest BCUT2D eigenvalue weighted by Crippen LogP contribution is -2.71. The van der Waals surface area contributed by atoms with E-state index in [1.165, 1.54) is 26.9 Å². The van der Waals surface area contributed by atoms with Crippen molar-refractivity contribution >= 4 is 33.6 Å². The number of benzene rings is 2. The first-order valence-electron chi connectivity index (χ1n) is 14.7. The van der Waals surface area contributed by atoms with Crippen molar-refractivity contribution in [2.75, 3.05) is 31.9 Å². The third-order valence-electron chi connectivity index (χ3n) is 8.39. The van der Waals surface area contributed by atoms with Crippen molar-refractivity contribution < 1.29 is 23.1 Å². The normalized spacial score (nSPS) is 17.4. The first-order valence-corrected chi connectivity index (χ1v) is 15.5. The molecule has 3 heterocycles. The quantitative estimate of drug-likeness (QED) is 0.261. The number of nitrogens with zero attached hydrogens (tertiary/aromatic N) is 5. The van der Waals surface area contributed by atoms with E-state index in [4.69, 9.17) is 10.5 Å². The Labute approximate surface area is 264 Å². The number of anilines is 1. The molecule has 0 radical (unpaired) electrons. The fourth-order valence-electron chi connectivity index (χ4n) is 5.80. The van der Waals surface area contributed by atoms with Crippen LogP contribution in [-0.2, 0) is 20.5 Å². The highest BCUT2D eigenvalue weighted by molar-refractivity contribution is 9.10. The van der Waals surface area contributed by atoms with Gasteiger partial charge in [-0.25, -0.2) is 18.3 Å². The van der Waals surface area contributed by atoms with Crippen LogP contribution < -0.4 is 5.73 Å². The molecule has 12 heteroatoms. The summed E-state index contributed by atoms with van der Waals surface area (Å²) in [5.41, 5.74) is 6.40. The van der Waals surface area contributed by atoms with E-state index in [0.717, 1.165) is 18.9 Å². The van der Waals surface area contributed by atoms with Gasteiger partial charge in [0.2, 0.25) is 0 Å². The minimum Gasteiger partial charge on any atom is -0.444 e. The summed E-state index contributed by atoms with van der Waals surface area (Å²) in [6, 6.07) is 9.80. The molecule has 0 bridgehead atoms. The summed E-state index contributed by atoms with van der Waals surface area (Å²) in [4.78, 5) is 30.3. The van der Waals surface area contributed by atoms with Gasteiger partial charge in [0.25, 0.3) is 5.91 Å². The van der Waals surface area contributed by atoms with E-state index in [1.807, 2.05) is 0 Å². The summed E-state index contributed by atoms with van der Waals surface area (Å²) in [5.74, 6) is -1.66. The van der Waals surface area contributed by atoms with Crippen LogP contribution in [0.25, 0.3) is 11.3 Å². The molecule has 0 atom stereocenters. The third-order valence-corrected chi connectivity index (χ3v) is 9.12. The summed E-state index contributed by atoms with van der Waals surface area (Å²) in [6.45, 7) is 13.0. The molecule has 2 aromatic carbocycles. The number of nitrogens with two attached hydrogens (primary N) is 1. The van der Waals surface area contributed by atoms with Gasteiger partial charge in [0.15, 0.2) is 11.4 Å². The molecule has 0 unspecified atom stereocenters. The molecule has 44 heavy (non-hydrogen) atoms. The van der Waals surface area contributed by atoms with Gasteiger partial charge >= 0.3 is 6.09 Å². The molecule has 236 valence electrons. The zero-order chi connectivity index (χ0) is 32.2. The molecule has 5 rings (SSSR count). The lowest BCUT2D eigenvalue weighted by atomic mass is 9.83. The number of piperidine rings is 1. The fourth-order valence-corrected chi connectivity index (χ4v) is 6.13. The van der Waals surface area contributed by atoms with Crippen LogP contribution in [0.3, 0.4) is 0 Å². The number of aromatic nitrogens is 3. The zero-order valence-corrected chi connectivity index (χ0v) is 27.5. The second-order valence-corrected chi connectivity index (χ2v) is 14.6. The van der Waals surface area contributed by atoms with Crippen molar-refractivity contribution in [2.45, 2.75) is 76.9 Å². The number of carbonyl (C=O) groups excluding carboxylic acids is 2. The Morgan fingerprint density at radius 1 is 1.02 bits per heavy atom. The highest BCUT2D eigenvalue weighted by Gasteiger charge is 2.56. The van der Waals surface area contributed by atoms with Crippen molar-refractivity contribution in [1.29, 1.82) is 0 Å². The maximum atomic E-state index is 14.5. The van der Waals surface area contributed by atoms with Gasteiger partial charge in [-0.05, 0) is 78.1 Å². The van der Waals surface area contributed by atoms with E-state index in [-0.39, 0.29) is 45.8 Å². The smallest absolute Gasteiger partial charge is 0.410 e. The topological polar surface area (TPSA) is 107 Å². The second-order valence-electron chi connectivity index (χ2n) is 13.8. The Kier molecular flexibility index (Phi) is 8.28. The van der Waals surface area contributed by atoms with Gasteiger partial charge < -0.3 is 20.3 Å². The predicted octanol–water partition coefficient (Wildman–Crippen LogP) is 6.22. The van der Waals surface area contributed by atoms with Gasteiger partial charge in [-0.15, -0.1) is 5.10 Å². The third kappa shape index (κ3) is 6.05. The van der Waals surface area contributed by atoms with Crippen molar-refractivity contribution in [3.63, 3.8) is 0 Å². The molecule has 0 saturated carbocycles. The maximum Gasteiger partial charge on any atom is 0.410 e. The molecule has 0 spiro atoms. The molecule has 2 amide bonds. The Balaban J connectivity index is 1.38. The summed E-state index contributed by atoms with van der Waals surface area (Å²) in [6.07, 6.45) is 2.50.